The third kappa shape index (κ3) is 4.45. The lowest BCUT2D eigenvalue weighted by atomic mass is 9.53. The van der Waals surface area contributed by atoms with Crippen molar-refractivity contribution >= 4 is 27.7 Å². The zero-order chi connectivity index (χ0) is 22.5. The van der Waals surface area contributed by atoms with E-state index in [2.05, 4.69) is 15.2 Å². The normalized spacial score (nSPS) is 33.9. The van der Waals surface area contributed by atoms with Crippen LogP contribution < -0.4 is 5.32 Å². The van der Waals surface area contributed by atoms with Crippen LogP contribution in [0.3, 0.4) is 0 Å². The zero-order valence-electron chi connectivity index (χ0n) is 19.0. The second-order valence-electron chi connectivity index (χ2n) is 10.5. The number of nitrogens with zero attached hydrogens (tertiary/aromatic N) is 3. The van der Waals surface area contributed by atoms with Gasteiger partial charge in [-0.2, -0.15) is 4.31 Å². The van der Waals surface area contributed by atoms with E-state index in [0.29, 0.717) is 18.1 Å². The number of aromatic nitrogens is 1. The molecule has 0 aromatic carbocycles. The lowest BCUT2D eigenvalue weighted by Gasteiger charge is -2.57. The topological polar surface area (TPSA) is 82.6 Å². The maximum absolute atomic E-state index is 13.0. The van der Waals surface area contributed by atoms with E-state index in [0.717, 1.165) is 50.1 Å². The van der Waals surface area contributed by atoms with Crippen molar-refractivity contribution in [2.24, 2.45) is 17.8 Å². The van der Waals surface area contributed by atoms with E-state index in [1.807, 2.05) is 14.0 Å². The summed E-state index contributed by atoms with van der Waals surface area (Å²) in [6.07, 6.45) is 8.91. The van der Waals surface area contributed by atoms with Gasteiger partial charge in [0.15, 0.2) is 0 Å². The Kier molecular flexibility index (Phi) is 6.05. The number of nitrogens with one attached hydrogen (secondary N) is 1. The molecule has 2 heterocycles. The molecule has 5 fully saturated rings. The van der Waals surface area contributed by atoms with Crippen molar-refractivity contribution in [3.05, 3.63) is 18.3 Å². The first-order chi connectivity index (χ1) is 15.2. The highest BCUT2D eigenvalue weighted by Gasteiger charge is 2.51. The van der Waals surface area contributed by atoms with Crippen molar-refractivity contribution in [2.45, 2.75) is 66.2 Å². The third-order valence-electron chi connectivity index (χ3n) is 7.90. The molecule has 0 radical (unpaired) electrons. The van der Waals surface area contributed by atoms with E-state index >= 15 is 0 Å². The minimum atomic E-state index is -3.52. The number of pyridine rings is 1. The first-order valence-corrected chi connectivity index (χ1v) is 14.2. The van der Waals surface area contributed by atoms with Crippen LogP contribution >= 0.6 is 11.8 Å². The Labute approximate surface area is 195 Å². The van der Waals surface area contributed by atoms with Gasteiger partial charge >= 0.3 is 0 Å². The molecule has 1 amide bonds. The molecule has 1 aromatic rings. The summed E-state index contributed by atoms with van der Waals surface area (Å²) in [7, 11) is -1.52. The molecule has 4 aliphatic carbocycles. The number of sulfonamides is 1. The van der Waals surface area contributed by atoms with Crippen molar-refractivity contribution in [2.75, 3.05) is 33.2 Å². The first kappa shape index (κ1) is 22.6. The fourth-order valence-corrected chi connectivity index (χ4v) is 8.78. The van der Waals surface area contributed by atoms with E-state index in [4.69, 9.17) is 0 Å². The largest absolute Gasteiger partial charge is 0.350 e. The van der Waals surface area contributed by atoms with Gasteiger partial charge < -0.3 is 10.2 Å². The summed E-state index contributed by atoms with van der Waals surface area (Å²) in [4.78, 5) is 19.7. The van der Waals surface area contributed by atoms with Gasteiger partial charge in [-0.05, 0) is 82.4 Å². The summed E-state index contributed by atoms with van der Waals surface area (Å²) < 4.78 is 27.3. The van der Waals surface area contributed by atoms with E-state index in [1.54, 1.807) is 12.1 Å². The summed E-state index contributed by atoms with van der Waals surface area (Å²) in [6.45, 7) is 4.37. The molecule has 176 valence electrons. The quantitative estimate of drug-likeness (QED) is 0.633. The number of likely N-dealkylation sites (N-methyl/N-ethyl adjacent to an activating group) is 1. The predicted octanol–water partition coefficient (Wildman–Crippen LogP) is 2.58. The van der Waals surface area contributed by atoms with E-state index in [1.165, 1.54) is 41.5 Å². The minimum absolute atomic E-state index is 0.00846. The predicted molar refractivity (Wildman–Crippen MR) is 125 cm³/mol. The van der Waals surface area contributed by atoms with Crippen LogP contribution in [0.2, 0.25) is 0 Å². The van der Waals surface area contributed by atoms with Crippen molar-refractivity contribution in [1.29, 1.82) is 0 Å². The van der Waals surface area contributed by atoms with E-state index in [9.17, 15) is 13.2 Å². The number of rotatable bonds is 6. The SMILES string of the molecule is CC(Sc1ccc(S(=O)(=O)N2CCN(C)CC2)cn1)C(=O)NC12CC3CC(CC(C3)C1)C2. The number of carbonyl (C=O) groups is 1. The van der Waals surface area contributed by atoms with Crippen LogP contribution in [0.25, 0.3) is 0 Å². The van der Waals surface area contributed by atoms with Crippen LogP contribution in [-0.4, -0.2) is 72.5 Å². The molecule has 1 atom stereocenters. The molecule has 1 aliphatic heterocycles. The summed E-state index contributed by atoms with van der Waals surface area (Å²) in [5.74, 6) is 2.45. The van der Waals surface area contributed by atoms with Crippen molar-refractivity contribution in [3.63, 3.8) is 0 Å². The van der Waals surface area contributed by atoms with Gasteiger partial charge in [-0.25, -0.2) is 13.4 Å². The van der Waals surface area contributed by atoms with Gasteiger partial charge in [-0.1, -0.05) is 11.8 Å². The second kappa shape index (κ2) is 8.56. The zero-order valence-corrected chi connectivity index (χ0v) is 20.6. The maximum Gasteiger partial charge on any atom is 0.244 e. The van der Waals surface area contributed by atoms with Gasteiger partial charge in [0.1, 0.15) is 4.90 Å². The van der Waals surface area contributed by atoms with Gasteiger partial charge in [-0.3, -0.25) is 4.79 Å². The lowest BCUT2D eigenvalue weighted by Crippen LogP contribution is -2.60. The fraction of sp³-hybridized carbons (Fsp3) is 0.739. The summed E-state index contributed by atoms with van der Waals surface area (Å²) in [6, 6.07) is 3.34. The Morgan fingerprint density at radius 2 is 1.69 bits per heavy atom. The fourth-order valence-electron chi connectivity index (χ4n) is 6.63. The molecule has 5 aliphatic rings. The Hall–Kier alpha value is -1.16. The van der Waals surface area contributed by atoms with Crippen LogP contribution in [0, 0.1) is 17.8 Å². The highest BCUT2D eigenvalue weighted by atomic mass is 32.2. The van der Waals surface area contributed by atoms with E-state index < -0.39 is 10.0 Å². The average molecular weight is 479 g/mol. The van der Waals surface area contributed by atoms with Gasteiger partial charge in [0.2, 0.25) is 15.9 Å². The summed E-state index contributed by atoms with van der Waals surface area (Å²) in [5.41, 5.74) is 0.00846. The van der Waals surface area contributed by atoms with Crippen molar-refractivity contribution < 1.29 is 13.2 Å². The molecule has 1 unspecified atom stereocenters. The Morgan fingerprint density at radius 3 is 2.22 bits per heavy atom. The number of piperazine rings is 1. The maximum atomic E-state index is 13.0. The molecule has 32 heavy (non-hydrogen) atoms. The number of hydrogen-bond donors (Lipinski definition) is 1. The monoisotopic (exact) mass is 478 g/mol. The molecule has 1 N–H and O–H groups in total. The molecule has 0 spiro atoms. The summed E-state index contributed by atoms with van der Waals surface area (Å²) in [5, 5.41) is 3.84. The highest BCUT2D eigenvalue weighted by Crippen LogP contribution is 2.55. The first-order valence-electron chi connectivity index (χ1n) is 11.9. The molecular formula is C23H34N4O3S2. The van der Waals surface area contributed by atoms with Crippen LogP contribution in [0.4, 0.5) is 0 Å². The van der Waals surface area contributed by atoms with Gasteiger partial charge in [0.25, 0.3) is 0 Å². The minimum Gasteiger partial charge on any atom is -0.350 e. The van der Waals surface area contributed by atoms with Gasteiger partial charge in [0.05, 0.1) is 10.3 Å². The molecule has 4 bridgehead atoms. The molecule has 7 nitrogen and oxygen atoms in total. The van der Waals surface area contributed by atoms with Crippen molar-refractivity contribution in [1.82, 2.24) is 19.5 Å². The van der Waals surface area contributed by atoms with Crippen LogP contribution in [0.1, 0.15) is 45.4 Å². The number of carbonyl (C=O) groups excluding carboxylic acids is 1. The Balaban J connectivity index is 1.19. The smallest absolute Gasteiger partial charge is 0.244 e. The molecular weight excluding hydrogens is 444 g/mol. The molecule has 6 rings (SSSR count). The third-order valence-corrected chi connectivity index (χ3v) is 10.8. The van der Waals surface area contributed by atoms with Crippen LogP contribution in [0.15, 0.2) is 28.3 Å². The second-order valence-corrected chi connectivity index (χ2v) is 13.8. The van der Waals surface area contributed by atoms with Crippen LogP contribution in [0.5, 0.6) is 0 Å². The lowest BCUT2D eigenvalue weighted by molar-refractivity contribution is -0.126. The van der Waals surface area contributed by atoms with Crippen molar-refractivity contribution in [3.8, 4) is 0 Å². The molecule has 4 saturated carbocycles. The van der Waals surface area contributed by atoms with Gasteiger partial charge in [-0.15, -0.1) is 0 Å². The Morgan fingerprint density at radius 1 is 1.09 bits per heavy atom. The average Bonchev–Trinajstić information content (AvgIpc) is 2.73. The molecule has 1 saturated heterocycles. The van der Waals surface area contributed by atoms with Crippen LogP contribution in [-0.2, 0) is 14.8 Å². The Bertz CT molecular complexity index is 923. The number of thioether (sulfide) groups is 1. The summed E-state index contributed by atoms with van der Waals surface area (Å²) >= 11 is 1.40. The highest BCUT2D eigenvalue weighted by molar-refractivity contribution is 8.00. The number of hydrogen-bond acceptors (Lipinski definition) is 6. The van der Waals surface area contributed by atoms with Gasteiger partial charge in [0, 0.05) is 37.9 Å². The standard InChI is InChI=1S/C23H34N4O3S2/c1-16(22(28)25-23-12-17-9-18(13-23)11-19(10-17)14-23)31-21-4-3-20(15-24-21)32(29,30)27-7-5-26(2)6-8-27/h3-4,15-19H,5-14H2,1-2H3,(H,25,28). The van der Waals surface area contributed by atoms with E-state index in [-0.39, 0.29) is 21.6 Å². The molecule has 1 aromatic heterocycles. The number of amides is 1. The molecule has 9 heteroatoms.